The fourth-order valence-electron chi connectivity index (χ4n) is 0.130. The highest BCUT2D eigenvalue weighted by Crippen LogP contribution is 1.79. The molecule has 1 aromatic rings. The Morgan fingerprint density at radius 3 is 3.00 bits per heavy atom. The normalized spacial score (nSPS) is 10.9. The molecule has 0 aliphatic heterocycles. The Hall–Kier alpha value is -0.960. The molecule has 1 rings (SSSR count). The fraction of sp³-hybridized carbons (Fsp3) is 0. The smallest absolute Gasteiger partial charge is 0.0305 e. The lowest BCUT2D eigenvalue weighted by Gasteiger charge is -2.14. The van der Waals surface area contributed by atoms with E-state index < -0.39 is 5.39 Å². The van der Waals surface area contributed by atoms with Crippen LogP contribution in [-0.2, 0) is 4.94 Å². The first-order chi connectivity index (χ1) is 3.79. The Kier molecular flexibility index (Phi) is 1.22. The van der Waals surface area contributed by atoms with Gasteiger partial charge in [-0.15, -0.1) is 11.0 Å². The van der Waals surface area contributed by atoms with Crippen molar-refractivity contribution in [2.24, 2.45) is 0 Å². The van der Waals surface area contributed by atoms with Crippen LogP contribution < -0.4 is 5.59 Å². The van der Waals surface area contributed by atoms with Gasteiger partial charge in [0.15, 0.2) is 0 Å². The first-order valence-corrected chi connectivity index (χ1v) is 1.60. The van der Waals surface area contributed by atoms with Gasteiger partial charge in [0.2, 0.25) is 0 Å². The van der Waals surface area contributed by atoms with E-state index in [1.807, 2.05) is 5.59 Å². The van der Waals surface area contributed by atoms with Crippen molar-refractivity contribution in [1.82, 2.24) is 15.6 Å². The Labute approximate surface area is 42.5 Å². The zero-order valence-corrected chi connectivity index (χ0v) is 3.57. The van der Waals surface area contributed by atoms with Gasteiger partial charge in [0.25, 0.3) is 0 Å². The van der Waals surface area contributed by atoms with Crippen LogP contribution >= 0.6 is 0 Å². The van der Waals surface area contributed by atoms with E-state index in [1.165, 1.54) is 0 Å². The first kappa shape index (κ1) is 5.18. The topological polar surface area (TPSA) is 102 Å². The van der Waals surface area contributed by atoms with Gasteiger partial charge in [-0.3, -0.25) is 5.21 Å². The van der Waals surface area contributed by atoms with Crippen LogP contribution in [0.3, 0.4) is 0 Å². The molecule has 0 unspecified atom stereocenters. The molecule has 48 valence electrons. The molecule has 8 heavy (non-hydrogen) atoms. The standard InChI is InChI=1S/H3N4O4/c5-4(6)8-2-3-1-7-3/h1-2,5H/q-1. The number of nitrogens with one attached hydrogen (secondary N) is 2. The summed E-state index contributed by atoms with van der Waals surface area (Å²) in [5.74, 6) is 0. The van der Waals surface area contributed by atoms with Crippen LogP contribution in [-0.4, -0.2) is 20.8 Å². The average molecular weight is 123 g/mol. The summed E-state index contributed by atoms with van der Waals surface area (Å²) in [4.78, 5) is 4.54. The van der Waals surface area contributed by atoms with E-state index in [9.17, 15) is 5.21 Å². The van der Waals surface area contributed by atoms with Crippen LogP contribution in [0, 0.1) is 5.21 Å². The van der Waals surface area contributed by atoms with E-state index >= 15 is 0 Å². The molecule has 1 heterocycles. The summed E-state index contributed by atoms with van der Waals surface area (Å²) in [6.45, 7) is 0. The second-order valence-corrected chi connectivity index (χ2v) is 0.897. The summed E-state index contributed by atoms with van der Waals surface area (Å²) in [6, 6.07) is 0. The van der Waals surface area contributed by atoms with Crippen molar-refractivity contribution < 1.29 is 14.8 Å². The zero-order valence-electron chi connectivity index (χ0n) is 3.57. The number of aromatic nitrogens is 2. The summed E-state index contributed by atoms with van der Waals surface area (Å²) in [5, 5.41) is 18.5. The van der Waals surface area contributed by atoms with Gasteiger partial charge in [-0.2, -0.15) is 4.94 Å². The quantitative estimate of drug-likeness (QED) is 0.445. The van der Waals surface area contributed by atoms with Gasteiger partial charge < -0.3 is 5.21 Å². The minimum absolute atomic E-state index is 0.761. The van der Waals surface area contributed by atoms with E-state index in [4.69, 9.17) is 5.21 Å². The third-order valence-electron chi connectivity index (χ3n) is 0.384. The molecule has 0 aliphatic carbocycles. The van der Waals surface area contributed by atoms with E-state index in [0.29, 0.717) is 0 Å². The lowest BCUT2D eigenvalue weighted by Crippen LogP contribution is -2.20. The largest absolute Gasteiger partial charge is 0.736 e. The highest BCUT2D eigenvalue weighted by atomic mass is 17.1. The number of rotatable bonds is 3. The van der Waals surface area contributed by atoms with E-state index in [0.717, 1.165) is 4.96 Å². The van der Waals surface area contributed by atoms with Gasteiger partial charge >= 0.3 is 0 Å². The van der Waals surface area contributed by atoms with Crippen molar-refractivity contribution in [2.75, 3.05) is 5.59 Å². The van der Waals surface area contributed by atoms with Gasteiger partial charge in [0, 0.05) is 4.96 Å². The Morgan fingerprint density at radius 2 is 2.62 bits per heavy atom. The van der Waals surface area contributed by atoms with Crippen LogP contribution in [0.15, 0.2) is 4.63 Å². The maximum atomic E-state index is 9.45. The third kappa shape index (κ3) is 1.66. The van der Waals surface area contributed by atoms with Gasteiger partial charge in [-0.05, 0) is 0 Å². The number of aromatic amines is 1. The molecule has 0 radical (unpaired) electrons. The van der Waals surface area contributed by atoms with Crippen molar-refractivity contribution >= 4 is 0 Å². The van der Waals surface area contributed by atoms with Gasteiger partial charge in [-0.1, -0.05) is 5.27 Å². The van der Waals surface area contributed by atoms with Crippen LogP contribution in [0.4, 0.5) is 0 Å². The summed E-state index contributed by atoms with van der Waals surface area (Å²) < 4.78 is 4.13. The van der Waals surface area contributed by atoms with Crippen LogP contribution in [0.1, 0.15) is 0 Å². The maximum Gasteiger partial charge on any atom is 0.0305 e. The molecule has 0 spiro atoms. The predicted octanol–water partition coefficient (Wildman–Crippen LogP) is -1.01. The number of nitrogens with zero attached hydrogens (tertiary/aromatic N) is 2. The molecule has 0 saturated carbocycles. The van der Waals surface area contributed by atoms with Crippen LogP contribution in [0.5, 0.6) is 0 Å². The van der Waals surface area contributed by atoms with Crippen LogP contribution in [0.2, 0.25) is 0 Å². The van der Waals surface area contributed by atoms with Gasteiger partial charge in [0.05, 0.1) is 0 Å². The number of H-pyrrole nitrogens is 1. The minimum atomic E-state index is -0.761. The van der Waals surface area contributed by atoms with E-state index in [2.05, 4.69) is 14.8 Å². The number of hydrogen-bond acceptors (Lipinski definition) is 6. The molecule has 0 bridgehead atoms. The summed E-state index contributed by atoms with van der Waals surface area (Å²) in [5.41, 5.74) is 1.82. The number of hydrogen-bond donors (Lipinski definition) is 3. The molecule has 0 aliphatic rings. The predicted molar refractivity (Wildman–Crippen MR) is 18.5 cm³/mol. The molecule has 0 fully saturated rings. The zero-order chi connectivity index (χ0) is 5.98. The fourth-order valence-corrected chi connectivity index (χ4v) is 0.130. The third-order valence-corrected chi connectivity index (χ3v) is 0.384. The summed E-state index contributed by atoms with van der Waals surface area (Å²) in [6.07, 6.45) is 0. The minimum Gasteiger partial charge on any atom is -0.736 e. The van der Waals surface area contributed by atoms with Gasteiger partial charge in [-0.25, -0.2) is 4.63 Å². The Bertz CT molecular complexity index is 116. The first-order valence-electron chi connectivity index (χ1n) is 1.60. The van der Waals surface area contributed by atoms with E-state index in [-0.39, 0.29) is 0 Å². The Morgan fingerprint density at radius 1 is 2.00 bits per heavy atom. The monoisotopic (exact) mass is 123 g/mol. The molecule has 0 saturated heterocycles. The van der Waals surface area contributed by atoms with E-state index in [1.54, 1.807) is 0 Å². The van der Waals surface area contributed by atoms with Crippen molar-refractivity contribution in [1.29, 1.82) is 0 Å². The van der Waals surface area contributed by atoms with Crippen molar-refractivity contribution in [2.45, 2.75) is 0 Å². The second kappa shape index (κ2) is 1.88. The molecular weight excluding hydrogens is 120 g/mol. The highest BCUT2D eigenvalue weighted by Gasteiger charge is 1.92. The van der Waals surface area contributed by atoms with Gasteiger partial charge in [0.1, 0.15) is 0 Å². The molecule has 0 aromatic carbocycles. The summed E-state index contributed by atoms with van der Waals surface area (Å²) in [7, 11) is 0. The highest BCUT2D eigenvalue weighted by molar-refractivity contribution is 4.26. The molecular formula is H3N4O4-. The van der Waals surface area contributed by atoms with Crippen molar-refractivity contribution in [3.05, 3.63) is 5.21 Å². The van der Waals surface area contributed by atoms with Crippen molar-refractivity contribution in [3.63, 3.8) is 0 Å². The Balaban J connectivity index is 1.99. The summed E-state index contributed by atoms with van der Waals surface area (Å²) >= 11 is 0. The molecule has 0 amide bonds. The molecule has 0 atom stereocenters. The van der Waals surface area contributed by atoms with Crippen LogP contribution in [0.25, 0.3) is 0 Å². The van der Waals surface area contributed by atoms with Crippen molar-refractivity contribution in [3.8, 4) is 0 Å². The SMILES string of the molecule is [O-]N(O)ONn1[nH]o1. The second-order valence-electron chi connectivity index (χ2n) is 0.897. The lowest BCUT2D eigenvalue weighted by molar-refractivity contribution is -0.298. The molecule has 1 aromatic heterocycles. The molecule has 3 N–H and O–H groups in total. The maximum absolute atomic E-state index is 9.45. The molecule has 8 nitrogen and oxygen atoms in total. The lowest BCUT2D eigenvalue weighted by atomic mass is 12.5. The molecule has 8 heteroatoms. The average Bonchev–Trinajstić information content (AvgIpc) is 2.41.